The summed E-state index contributed by atoms with van der Waals surface area (Å²) in [5, 5.41) is 20.3. The number of carbonyl (C=O) groups excluding carboxylic acids is 3. The fourth-order valence-electron chi connectivity index (χ4n) is 4.94. The first kappa shape index (κ1) is 41.1. The molecule has 286 valence electrons. The summed E-state index contributed by atoms with van der Waals surface area (Å²) in [5.41, 5.74) is -1.70. The predicted molar refractivity (Wildman–Crippen MR) is 180 cm³/mol. The Morgan fingerprint density at radius 1 is 1.07 bits per heavy atom. The second-order valence-electron chi connectivity index (χ2n) is 11.3. The summed E-state index contributed by atoms with van der Waals surface area (Å²) in [6.45, 7) is 0.127. The number of carboxylic acid groups (broad SMARTS) is 1. The van der Waals surface area contributed by atoms with Crippen LogP contribution in [0.5, 0.6) is 0 Å². The van der Waals surface area contributed by atoms with Crippen LogP contribution in [0.4, 0.5) is 18.0 Å². The summed E-state index contributed by atoms with van der Waals surface area (Å²) in [4.78, 5) is 50.9. The zero-order valence-corrected chi connectivity index (χ0v) is 29.3. The normalized spacial score (nSPS) is 17.3. The summed E-state index contributed by atoms with van der Waals surface area (Å²) >= 11 is 1.20. The molecular formula is C35H33F3N4O11S. The number of ether oxygens (including phenoxy) is 6. The smallest absolute Gasteiger partial charge is 0.481 e. The topological polar surface area (TPSA) is 198 Å². The van der Waals surface area contributed by atoms with Gasteiger partial charge in [0.25, 0.3) is 0 Å². The van der Waals surface area contributed by atoms with Gasteiger partial charge in [0.15, 0.2) is 11.9 Å². The van der Waals surface area contributed by atoms with Crippen molar-refractivity contribution >= 4 is 41.9 Å². The first-order valence-corrected chi connectivity index (χ1v) is 16.9. The molecule has 0 aliphatic carbocycles. The van der Waals surface area contributed by atoms with Crippen molar-refractivity contribution in [3.8, 4) is 6.07 Å². The summed E-state index contributed by atoms with van der Waals surface area (Å²) in [5.74, 6) is -5.92. The highest BCUT2D eigenvalue weighted by molar-refractivity contribution is 8.00. The number of rotatable bonds is 17. The predicted octanol–water partition coefficient (Wildman–Crippen LogP) is 4.66. The average molecular weight is 775 g/mol. The quantitative estimate of drug-likeness (QED) is 0.0653. The lowest BCUT2D eigenvalue weighted by molar-refractivity contribution is -0.158. The molecule has 1 saturated heterocycles. The molecule has 0 amide bonds. The van der Waals surface area contributed by atoms with Gasteiger partial charge in [0.2, 0.25) is 6.79 Å². The van der Waals surface area contributed by atoms with E-state index in [1.54, 1.807) is 25.2 Å². The molecule has 0 saturated carbocycles. The Hall–Kier alpha value is -5.71. The maximum absolute atomic E-state index is 15.6. The van der Waals surface area contributed by atoms with Crippen molar-refractivity contribution in [2.45, 2.75) is 48.7 Å². The van der Waals surface area contributed by atoms with Crippen LogP contribution >= 0.6 is 11.8 Å². The van der Waals surface area contributed by atoms with Crippen molar-refractivity contribution in [1.82, 2.24) is 14.8 Å². The number of aromatic nitrogens is 3. The van der Waals surface area contributed by atoms with Crippen LogP contribution in [-0.2, 0) is 55.0 Å². The maximum Gasteiger partial charge on any atom is 0.512 e. The molecule has 1 fully saturated rings. The second kappa shape index (κ2) is 19.9. The minimum Gasteiger partial charge on any atom is -0.481 e. The van der Waals surface area contributed by atoms with Gasteiger partial charge in [-0.15, -0.1) is 11.8 Å². The van der Waals surface area contributed by atoms with Gasteiger partial charge < -0.3 is 33.5 Å². The van der Waals surface area contributed by atoms with Crippen LogP contribution in [0.25, 0.3) is 6.08 Å². The minimum atomic E-state index is -1.95. The molecule has 0 bridgehead atoms. The van der Waals surface area contributed by atoms with Gasteiger partial charge in [-0.25, -0.2) is 27.6 Å². The van der Waals surface area contributed by atoms with Gasteiger partial charge >= 0.3 is 24.1 Å². The van der Waals surface area contributed by atoms with E-state index in [2.05, 4.69) is 14.8 Å². The number of carboxylic acids is 1. The molecule has 2 unspecified atom stereocenters. The number of halogens is 3. The van der Waals surface area contributed by atoms with Gasteiger partial charge in [0.05, 0.1) is 43.1 Å². The number of benzene rings is 2. The third-order valence-corrected chi connectivity index (χ3v) is 8.95. The molecule has 0 radical (unpaired) electrons. The SMILES string of the molecule is CC(SC1COC(C=CC=Cc2ccc(C#N)cc2F)OC1)C(Cn1cncn1)(OC(=O)OCOC(=O)CCOC(=O)CC(=O)O)c1ccc(F)cc1F. The van der Waals surface area contributed by atoms with E-state index in [-0.39, 0.29) is 36.4 Å². The monoisotopic (exact) mass is 774 g/mol. The third-order valence-electron chi connectivity index (χ3n) is 7.51. The molecule has 19 heteroatoms. The van der Waals surface area contributed by atoms with Gasteiger partial charge in [-0.3, -0.25) is 14.4 Å². The maximum atomic E-state index is 15.6. The first-order chi connectivity index (χ1) is 25.9. The van der Waals surface area contributed by atoms with Crippen LogP contribution in [-0.4, -0.2) is 87.3 Å². The molecule has 2 heterocycles. The lowest BCUT2D eigenvalue weighted by atomic mass is 9.89. The molecule has 3 aromatic rings. The number of esters is 2. The Labute approximate surface area is 310 Å². The van der Waals surface area contributed by atoms with Gasteiger partial charge in [0, 0.05) is 22.4 Å². The number of allylic oxidation sites excluding steroid dienone is 2. The van der Waals surface area contributed by atoms with Crippen LogP contribution in [0.1, 0.15) is 36.5 Å². The van der Waals surface area contributed by atoms with Crippen molar-refractivity contribution in [1.29, 1.82) is 5.26 Å². The van der Waals surface area contributed by atoms with Crippen molar-refractivity contribution in [3.63, 3.8) is 0 Å². The van der Waals surface area contributed by atoms with Gasteiger partial charge in [-0.05, 0) is 37.3 Å². The van der Waals surface area contributed by atoms with E-state index in [0.717, 1.165) is 18.2 Å². The van der Waals surface area contributed by atoms with E-state index in [1.165, 1.54) is 47.3 Å². The number of thioether (sulfide) groups is 1. The number of nitriles is 1. The van der Waals surface area contributed by atoms with E-state index in [9.17, 15) is 28.0 Å². The summed E-state index contributed by atoms with van der Waals surface area (Å²) in [6.07, 6.45) is 5.26. The van der Waals surface area contributed by atoms with E-state index < -0.39 is 90.1 Å². The molecule has 1 aromatic heterocycles. The van der Waals surface area contributed by atoms with E-state index in [4.69, 9.17) is 34.1 Å². The van der Waals surface area contributed by atoms with Gasteiger partial charge in [0.1, 0.15) is 43.1 Å². The molecular weight excluding hydrogens is 741 g/mol. The molecule has 1 aliphatic heterocycles. The largest absolute Gasteiger partial charge is 0.512 e. The molecule has 4 rings (SSSR count). The molecule has 0 spiro atoms. The van der Waals surface area contributed by atoms with Crippen molar-refractivity contribution in [2.24, 2.45) is 0 Å². The average Bonchev–Trinajstić information content (AvgIpc) is 3.63. The van der Waals surface area contributed by atoms with Crippen molar-refractivity contribution in [3.05, 3.63) is 101 Å². The molecule has 2 atom stereocenters. The van der Waals surface area contributed by atoms with Crippen LogP contribution < -0.4 is 0 Å². The Morgan fingerprint density at radius 2 is 1.85 bits per heavy atom. The highest BCUT2D eigenvalue weighted by atomic mass is 32.2. The molecule has 1 aliphatic rings. The number of hydrogen-bond donors (Lipinski definition) is 1. The van der Waals surface area contributed by atoms with Crippen LogP contribution in [0.15, 0.2) is 67.3 Å². The van der Waals surface area contributed by atoms with E-state index in [0.29, 0.717) is 6.07 Å². The Bertz CT molecular complexity index is 1880. The van der Waals surface area contributed by atoms with Gasteiger partial charge in [-0.1, -0.05) is 24.3 Å². The number of aliphatic carboxylic acids is 1. The van der Waals surface area contributed by atoms with Crippen LogP contribution in [0.2, 0.25) is 0 Å². The van der Waals surface area contributed by atoms with Crippen LogP contribution in [0, 0.1) is 28.8 Å². The Balaban J connectivity index is 1.42. The van der Waals surface area contributed by atoms with E-state index >= 15 is 4.39 Å². The highest BCUT2D eigenvalue weighted by Crippen LogP contribution is 2.42. The Morgan fingerprint density at radius 3 is 2.52 bits per heavy atom. The lowest BCUT2D eigenvalue weighted by Crippen LogP contribution is -2.47. The zero-order valence-electron chi connectivity index (χ0n) is 28.5. The molecule has 54 heavy (non-hydrogen) atoms. The first-order valence-electron chi connectivity index (χ1n) is 16.0. The van der Waals surface area contributed by atoms with Crippen molar-refractivity contribution in [2.75, 3.05) is 26.6 Å². The van der Waals surface area contributed by atoms with Gasteiger partial charge in [-0.2, -0.15) is 10.4 Å². The highest BCUT2D eigenvalue weighted by Gasteiger charge is 2.47. The fourth-order valence-corrected chi connectivity index (χ4v) is 6.30. The zero-order chi connectivity index (χ0) is 39.1. The summed E-state index contributed by atoms with van der Waals surface area (Å²) in [6, 6.07) is 8.69. The Kier molecular flexibility index (Phi) is 15.2. The fraction of sp³-hybridized carbons (Fsp3) is 0.343. The third kappa shape index (κ3) is 12.2. The van der Waals surface area contributed by atoms with E-state index in [1.807, 2.05) is 6.07 Å². The summed E-state index contributed by atoms with van der Waals surface area (Å²) < 4.78 is 76.9. The number of nitrogens with zero attached hydrogens (tertiary/aromatic N) is 4. The second-order valence-corrected chi connectivity index (χ2v) is 13.0. The standard InChI is InChI=1S/C35H33F3N4O11S/c1-22(54-26-16-49-33(50-17-26)5-3-2-4-24-7-6-23(15-39)12-28(24)37)35(18-42-20-40-19-41-42,27-9-8-25(36)13-29(27)38)53-34(47)52-21-51-31(45)10-11-48-32(46)14-30(43)44/h2-9,12-13,19-20,22,26,33H,10-11,14,16-18,21H2,1H3,(H,43,44). The van der Waals surface area contributed by atoms with Crippen LogP contribution in [0.3, 0.4) is 0 Å². The lowest BCUT2D eigenvalue weighted by Gasteiger charge is -2.40. The minimum absolute atomic E-state index is 0.134. The number of carbonyl (C=O) groups is 4. The molecule has 15 nitrogen and oxygen atoms in total. The van der Waals surface area contributed by atoms with Crippen molar-refractivity contribution < 1.29 is 65.9 Å². The summed E-state index contributed by atoms with van der Waals surface area (Å²) in [7, 11) is 0. The molecule has 1 N–H and O–H groups in total. The molecule has 2 aromatic carbocycles. The number of hydrogen-bond acceptors (Lipinski definition) is 14.